The van der Waals surface area contributed by atoms with Gasteiger partial charge in [0.2, 0.25) is 0 Å². The molecular formula is C11H25N. The third-order valence-corrected chi connectivity index (χ3v) is 2.37. The quantitative estimate of drug-likeness (QED) is 0.686. The maximum absolute atomic E-state index is 3.59. The van der Waals surface area contributed by atoms with Crippen LogP contribution in [-0.2, 0) is 0 Å². The molecule has 0 aliphatic carbocycles. The smallest absolute Gasteiger partial charge is 0.00701 e. The van der Waals surface area contributed by atoms with Crippen molar-refractivity contribution in [2.24, 2.45) is 0 Å². The van der Waals surface area contributed by atoms with Gasteiger partial charge in [0.25, 0.3) is 0 Å². The average Bonchev–Trinajstić information content (AvgIpc) is 2.51. The first-order valence-electron chi connectivity index (χ1n) is 5.59. The summed E-state index contributed by atoms with van der Waals surface area (Å²) >= 11 is 0. The number of hydrogen-bond donors (Lipinski definition) is 1. The molecule has 0 bridgehead atoms. The highest BCUT2D eigenvalue weighted by Gasteiger charge is 2.18. The molecule has 0 aromatic carbocycles. The van der Waals surface area contributed by atoms with E-state index >= 15 is 0 Å². The summed E-state index contributed by atoms with van der Waals surface area (Å²) in [5.74, 6) is 0. The van der Waals surface area contributed by atoms with Gasteiger partial charge in [-0.3, -0.25) is 0 Å². The third kappa shape index (κ3) is 4.76. The van der Waals surface area contributed by atoms with Gasteiger partial charge >= 0.3 is 0 Å². The first kappa shape index (κ1) is 12.0. The van der Waals surface area contributed by atoms with Crippen molar-refractivity contribution in [3.05, 3.63) is 0 Å². The van der Waals surface area contributed by atoms with E-state index in [1.54, 1.807) is 0 Å². The van der Waals surface area contributed by atoms with Crippen LogP contribution in [0.5, 0.6) is 0 Å². The molecule has 0 saturated carbocycles. The van der Waals surface area contributed by atoms with Crippen molar-refractivity contribution in [3.63, 3.8) is 0 Å². The first-order chi connectivity index (χ1) is 5.83. The van der Waals surface area contributed by atoms with E-state index < -0.39 is 0 Å². The van der Waals surface area contributed by atoms with Crippen LogP contribution in [0.15, 0.2) is 0 Å². The molecule has 74 valence electrons. The summed E-state index contributed by atoms with van der Waals surface area (Å²) in [6, 6.07) is 1.62. The van der Waals surface area contributed by atoms with Crippen LogP contribution in [0.4, 0.5) is 0 Å². The molecule has 12 heavy (non-hydrogen) atoms. The van der Waals surface area contributed by atoms with Crippen LogP contribution in [0.3, 0.4) is 0 Å². The minimum atomic E-state index is 0.779. The SMILES string of the molecule is CC.CCCCC1CCC(C)N1. The Morgan fingerprint density at radius 3 is 2.33 bits per heavy atom. The molecule has 0 spiro atoms. The fraction of sp³-hybridized carbons (Fsp3) is 1.00. The van der Waals surface area contributed by atoms with Crippen molar-refractivity contribution in [2.45, 2.75) is 71.9 Å². The van der Waals surface area contributed by atoms with Gasteiger partial charge < -0.3 is 5.32 Å². The van der Waals surface area contributed by atoms with Gasteiger partial charge in [0.1, 0.15) is 0 Å². The Morgan fingerprint density at radius 1 is 1.25 bits per heavy atom. The molecule has 1 nitrogen and oxygen atoms in total. The molecule has 1 heterocycles. The fourth-order valence-corrected chi connectivity index (χ4v) is 1.70. The van der Waals surface area contributed by atoms with E-state index in [4.69, 9.17) is 0 Å². The molecule has 0 aromatic rings. The summed E-state index contributed by atoms with van der Waals surface area (Å²) in [6.07, 6.45) is 6.91. The Bertz CT molecular complexity index is 91.0. The zero-order valence-corrected chi connectivity index (χ0v) is 9.19. The van der Waals surface area contributed by atoms with Gasteiger partial charge in [-0.05, 0) is 26.2 Å². The zero-order valence-electron chi connectivity index (χ0n) is 9.19. The summed E-state index contributed by atoms with van der Waals surface area (Å²) in [4.78, 5) is 0. The zero-order chi connectivity index (χ0) is 9.40. The number of rotatable bonds is 3. The van der Waals surface area contributed by atoms with E-state index in [-0.39, 0.29) is 0 Å². The lowest BCUT2D eigenvalue weighted by Gasteiger charge is -2.09. The minimum Gasteiger partial charge on any atom is -0.312 e. The van der Waals surface area contributed by atoms with E-state index in [2.05, 4.69) is 19.2 Å². The van der Waals surface area contributed by atoms with Gasteiger partial charge in [-0.25, -0.2) is 0 Å². The van der Waals surface area contributed by atoms with Crippen molar-refractivity contribution in [1.82, 2.24) is 5.32 Å². The van der Waals surface area contributed by atoms with Gasteiger partial charge in [0.05, 0.1) is 0 Å². The second-order valence-corrected chi connectivity index (χ2v) is 3.48. The summed E-state index contributed by atoms with van der Waals surface area (Å²) < 4.78 is 0. The van der Waals surface area contributed by atoms with Crippen LogP contribution in [0, 0.1) is 0 Å². The van der Waals surface area contributed by atoms with Crippen LogP contribution in [0.1, 0.15) is 59.8 Å². The van der Waals surface area contributed by atoms with Crippen molar-refractivity contribution < 1.29 is 0 Å². The highest BCUT2D eigenvalue weighted by atomic mass is 15.0. The van der Waals surface area contributed by atoms with Crippen molar-refractivity contribution in [1.29, 1.82) is 0 Å². The monoisotopic (exact) mass is 171 g/mol. The Hall–Kier alpha value is -0.0400. The van der Waals surface area contributed by atoms with Gasteiger partial charge in [0, 0.05) is 12.1 Å². The molecule has 1 N–H and O–H groups in total. The van der Waals surface area contributed by atoms with Crippen LogP contribution < -0.4 is 5.32 Å². The summed E-state index contributed by atoms with van der Waals surface area (Å²) in [5.41, 5.74) is 0. The van der Waals surface area contributed by atoms with Gasteiger partial charge in [-0.1, -0.05) is 33.6 Å². The molecule has 1 rings (SSSR count). The van der Waals surface area contributed by atoms with Gasteiger partial charge in [-0.15, -0.1) is 0 Å². The minimum absolute atomic E-state index is 0.779. The molecule has 0 radical (unpaired) electrons. The molecular weight excluding hydrogens is 146 g/mol. The third-order valence-electron chi connectivity index (χ3n) is 2.37. The normalized spacial score (nSPS) is 28.0. The Balaban J connectivity index is 0.000000561. The lowest BCUT2D eigenvalue weighted by Crippen LogP contribution is -2.26. The van der Waals surface area contributed by atoms with Crippen molar-refractivity contribution >= 4 is 0 Å². The number of nitrogens with one attached hydrogen (secondary N) is 1. The topological polar surface area (TPSA) is 12.0 Å². The predicted molar refractivity (Wildman–Crippen MR) is 56.5 cm³/mol. The molecule has 2 atom stereocenters. The van der Waals surface area contributed by atoms with Gasteiger partial charge in [-0.2, -0.15) is 0 Å². The lowest BCUT2D eigenvalue weighted by molar-refractivity contribution is 0.507. The van der Waals surface area contributed by atoms with Crippen LogP contribution in [0.25, 0.3) is 0 Å². The maximum Gasteiger partial charge on any atom is 0.00701 e. The van der Waals surface area contributed by atoms with E-state index in [1.165, 1.54) is 32.1 Å². The summed E-state index contributed by atoms with van der Waals surface area (Å²) in [7, 11) is 0. The standard InChI is InChI=1S/C9H19N.C2H6/c1-3-4-5-9-7-6-8(2)10-9;1-2/h8-10H,3-7H2,1-2H3;1-2H3. The van der Waals surface area contributed by atoms with Crippen molar-refractivity contribution in [3.8, 4) is 0 Å². The predicted octanol–water partition coefficient (Wildman–Crippen LogP) is 3.34. The molecule has 1 saturated heterocycles. The van der Waals surface area contributed by atoms with E-state index in [0.717, 1.165) is 12.1 Å². The van der Waals surface area contributed by atoms with Crippen LogP contribution in [-0.4, -0.2) is 12.1 Å². The average molecular weight is 171 g/mol. The van der Waals surface area contributed by atoms with Crippen LogP contribution >= 0.6 is 0 Å². The molecule has 0 aromatic heterocycles. The Morgan fingerprint density at radius 2 is 1.92 bits per heavy atom. The number of unbranched alkanes of at least 4 members (excludes halogenated alkanes) is 1. The second kappa shape index (κ2) is 7.60. The van der Waals surface area contributed by atoms with E-state index in [0.29, 0.717) is 0 Å². The fourth-order valence-electron chi connectivity index (χ4n) is 1.70. The molecule has 1 aliphatic rings. The number of hydrogen-bond acceptors (Lipinski definition) is 1. The molecule has 1 heteroatoms. The largest absolute Gasteiger partial charge is 0.312 e. The Labute approximate surface area is 77.9 Å². The Kier molecular flexibility index (Phi) is 7.58. The molecule has 0 amide bonds. The summed E-state index contributed by atoms with van der Waals surface area (Å²) in [6.45, 7) is 8.55. The van der Waals surface area contributed by atoms with Crippen molar-refractivity contribution in [2.75, 3.05) is 0 Å². The molecule has 1 fully saturated rings. The molecule has 1 aliphatic heterocycles. The van der Waals surface area contributed by atoms with E-state index in [1.807, 2.05) is 13.8 Å². The van der Waals surface area contributed by atoms with E-state index in [9.17, 15) is 0 Å². The highest BCUT2D eigenvalue weighted by molar-refractivity contribution is 4.79. The van der Waals surface area contributed by atoms with Gasteiger partial charge in [0.15, 0.2) is 0 Å². The maximum atomic E-state index is 3.59. The second-order valence-electron chi connectivity index (χ2n) is 3.48. The summed E-state index contributed by atoms with van der Waals surface area (Å²) in [5, 5.41) is 3.59. The van der Waals surface area contributed by atoms with Crippen LogP contribution in [0.2, 0.25) is 0 Å². The highest BCUT2D eigenvalue weighted by Crippen LogP contribution is 2.16. The first-order valence-corrected chi connectivity index (χ1v) is 5.59. The lowest BCUT2D eigenvalue weighted by atomic mass is 10.1. The molecule has 2 unspecified atom stereocenters.